The molecule has 1 aromatic carbocycles. The van der Waals surface area contributed by atoms with Crippen LogP contribution in [0.1, 0.15) is 31.9 Å². The number of halogens is 4. The van der Waals surface area contributed by atoms with Crippen LogP contribution in [0.2, 0.25) is 0 Å². The molecule has 22 heavy (non-hydrogen) atoms. The molecule has 0 saturated carbocycles. The van der Waals surface area contributed by atoms with Gasteiger partial charge in [-0.1, -0.05) is 30.3 Å². The van der Waals surface area contributed by atoms with Gasteiger partial charge in [-0.3, -0.25) is 5.32 Å². The molecule has 0 aliphatic rings. The molecule has 0 fully saturated rings. The molecule has 0 spiro atoms. The summed E-state index contributed by atoms with van der Waals surface area (Å²) in [6, 6.07) is 2.83. The van der Waals surface area contributed by atoms with Crippen molar-refractivity contribution in [2.24, 2.45) is 0 Å². The van der Waals surface area contributed by atoms with E-state index in [0.717, 1.165) is 13.8 Å². The quantitative estimate of drug-likeness (QED) is 0.539. The SMILES string of the molecule is CC(C)(F)C[C@H](NC(c1ccccc1)C(F)(F)F)C(=O)[O-].[K+]. The fourth-order valence-electron chi connectivity index (χ4n) is 1.92. The van der Waals surface area contributed by atoms with Crippen LogP contribution < -0.4 is 61.8 Å². The first-order valence-electron chi connectivity index (χ1n) is 6.28. The molecule has 0 aliphatic carbocycles. The molecule has 118 valence electrons. The molecule has 2 atom stereocenters. The molecule has 0 aromatic heterocycles. The Balaban J connectivity index is 0.00000441. The summed E-state index contributed by atoms with van der Waals surface area (Å²) in [5, 5.41) is 12.9. The molecule has 0 aliphatic heterocycles. The number of alkyl halides is 4. The number of hydrogen-bond donors (Lipinski definition) is 1. The summed E-state index contributed by atoms with van der Waals surface area (Å²) in [4.78, 5) is 11.0. The Morgan fingerprint density at radius 3 is 2.05 bits per heavy atom. The van der Waals surface area contributed by atoms with Crippen LogP contribution in [0.4, 0.5) is 17.6 Å². The molecule has 1 aromatic rings. The zero-order valence-electron chi connectivity index (χ0n) is 12.6. The zero-order valence-corrected chi connectivity index (χ0v) is 15.7. The molecule has 0 radical (unpaired) electrons. The van der Waals surface area contributed by atoms with Gasteiger partial charge in [0.25, 0.3) is 0 Å². The van der Waals surface area contributed by atoms with Gasteiger partial charge in [0.05, 0.1) is 12.0 Å². The van der Waals surface area contributed by atoms with E-state index < -0.39 is 36.3 Å². The minimum absolute atomic E-state index is 0. The second-order valence-electron chi connectivity index (χ2n) is 5.35. The van der Waals surface area contributed by atoms with Gasteiger partial charge in [-0.15, -0.1) is 0 Å². The summed E-state index contributed by atoms with van der Waals surface area (Å²) in [6.07, 6.45) is -5.34. The van der Waals surface area contributed by atoms with E-state index in [1.165, 1.54) is 30.3 Å². The maximum Gasteiger partial charge on any atom is 1.00 e. The van der Waals surface area contributed by atoms with Crippen LogP contribution in [-0.2, 0) is 4.79 Å². The van der Waals surface area contributed by atoms with Crippen molar-refractivity contribution in [1.29, 1.82) is 0 Å². The molecule has 1 unspecified atom stereocenters. The summed E-state index contributed by atoms with van der Waals surface area (Å²) in [7, 11) is 0. The predicted octanol–water partition coefficient (Wildman–Crippen LogP) is -0.860. The van der Waals surface area contributed by atoms with Crippen molar-refractivity contribution in [3.05, 3.63) is 35.9 Å². The van der Waals surface area contributed by atoms with Crippen LogP contribution in [0.15, 0.2) is 30.3 Å². The number of hydrogen-bond acceptors (Lipinski definition) is 3. The molecule has 1 N–H and O–H groups in total. The number of aliphatic carboxylic acids is 1. The van der Waals surface area contributed by atoms with Crippen molar-refractivity contribution in [2.45, 2.75) is 44.2 Å². The second kappa shape index (κ2) is 8.75. The number of carbonyl (C=O) groups is 1. The minimum atomic E-state index is -4.71. The third kappa shape index (κ3) is 7.52. The second-order valence-corrected chi connectivity index (χ2v) is 5.35. The summed E-state index contributed by atoms with van der Waals surface area (Å²) in [5.41, 5.74) is -2.09. The summed E-state index contributed by atoms with van der Waals surface area (Å²) in [6.45, 7) is 2.19. The maximum atomic E-state index is 13.5. The molecule has 8 heteroatoms. The van der Waals surface area contributed by atoms with Gasteiger partial charge in [0.1, 0.15) is 11.7 Å². The van der Waals surface area contributed by atoms with Gasteiger partial charge >= 0.3 is 57.6 Å². The van der Waals surface area contributed by atoms with Crippen molar-refractivity contribution >= 4 is 5.97 Å². The molecule has 0 amide bonds. The molecular formula is C14H16F4KNO2. The Morgan fingerprint density at radius 1 is 1.18 bits per heavy atom. The first kappa shape index (κ1) is 22.0. The number of rotatable bonds is 6. The average Bonchev–Trinajstić information content (AvgIpc) is 2.32. The molecule has 1 rings (SSSR count). The number of benzene rings is 1. The van der Waals surface area contributed by atoms with Gasteiger partial charge in [-0.25, -0.2) is 4.39 Å². The van der Waals surface area contributed by atoms with Gasteiger partial charge in [0.15, 0.2) is 0 Å². The van der Waals surface area contributed by atoms with E-state index >= 15 is 0 Å². The van der Waals surface area contributed by atoms with Gasteiger partial charge in [0, 0.05) is 6.42 Å². The first-order valence-corrected chi connectivity index (χ1v) is 6.28. The van der Waals surface area contributed by atoms with Gasteiger partial charge in [0.2, 0.25) is 0 Å². The van der Waals surface area contributed by atoms with E-state index in [2.05, 4.69) is 0 Å². The van der Waals surface area contributed by atoms with Crippen LogP contribution in [0.25, 0.3) is 0 Å². The Labute approximate surface area is 168 Å². The zero-order chi connectivity index (χ0) is 16.3. The maximum absolute atomic E-state index is 13.5. The molecular weight excluding hydrogens is 329 g/mol. The van der Waals surface area contributed by atoms with Crippen molar-refractivity contribution in [3.8, 4) is 0 Å². The normalized spacial score (nSPS) is 14.8. The number of carboxylic acid groups (broad SMARTS) is 1. The molecule has 0 heterocycles. The van der Waals surface area contributed by atoms with Crippen LogP contribution >= 0.6 is 0 Å². The van der Waals surface area contributed by atoms with E-state index in [0.29, 0.717) is 0 Å². The van der Waals surface area contributed by atoms with E-state index in [1.54, 1.807) is 0 Å². The minimum Gasteiger partial charge on any atom is -0.548 e. The smallest absolute Gasteiger partial charge is 0.548 e. The van der Waals surface area contributed by atoms with Gasteiger partial charge in [-0.05, 0) is 19.4 Å². The average molecular weight is 345 g/mol. The topological polar surface area (TPSA) is 52.2 Å². The van der Waals surface area contributed by atoms with Crippen molar-refractivity contribution < 1.29 is 78.8 Å². The fraction of sp³-hybridized carbons (Fsp3) is 0.500. The van der Waals surface area contributed by atoms with Crippen LogP contribution in [0.3, 0.4) is 0 Å². The largest absolute Gasteiger partial charge is 1.00 e. The predicted molar refractivity (Wildman–Crippen MR) is 67.0 cm³/mol. The monoisotopic (exact) mass is 345 g/mol. The third-order valence-corrected chi connectivity index (χ3v) is 2.80. The number of carbonyl (C=O) groups excluding carboxylic acids is 1. The summed E-state index contributed by atoms with van der Waals surface area (Å²) >= 11 is 0. The van der Waals surface area contributed by atoms with Gasteiger partial charge in [-0.2, -0.15) is 13.2 Å². The fourth-order valence-corrected chi connectivity index (χ4v) is 1.92. The standard InChI is InChI=1S/C14H17F4NO2.K/c1-13(2,15)8-10(12(20)21)19-11(14(16,17)18)9-6-4-3-5-7-9;/h3-7,10-11,19H,8H2,1-2H3,(H,20,21);/q;+1/p-1/t10-,11?;/m0./s1. The van der Waals surface area contributed by atoms with E-state index in [4.69, 9.17) is 0 Å². The van der Waals surface area contributed by atoms with Crippen molar-refractivity contribution in [2.75, 3.05) is 0 Å². The Morgan fingerprint density at radius 2 is 1.68 bits per heavy atom. The summed E-state index contributed by atoms with van der Waals surface area (Å²) in [5.74, 6) is -1.77. The Hall–Kier alpha value is 0.00636. The van der Waals surface area contributed by atoms with E-state index in [1.807, 2.05) is 5.32 Å². The third-order valence-electron chi connectivity index (χ3n) is 2.80. The summed E-state index contributed by atoms with van der Waals surface area (Å²) < 4.78 is 52.8. The van der Waals surface area contributed by atoms with E-state index in [9.17, 15) is 27.5 Å². The molecule has 0 saturated heterocycles. The van der Waals surface area contributed by atoms with E-state index in [-0.39, 0.29) is 56.9 Å². The van der Waals surface area contributed by atoms with Crippen molar-refractivity contribution in [1.82, 2.24) is 5.32 Å². The molecule has 3 nitrogen and oxygen atoms in total. The van der Waals surface area contributed by atoms with Crippen LogP contribution in [-0.4, -0.2) is 23.9 Å². The van der Waals surface area contributed by atoms with Crippen LogP contribution in [0.5, 0.6) is 0 Å². The number of nitrogens with one attached hydrogen (secondary N) is 1. The first-order chi connectivity index (χ1) is 9.50. The Bertz CT molecular complexity index is 474. The van der Waals surface area contributed by atoms with Crippen LogP contribution in [0, 0.1) is 0 Å². The number of carboxylic acids is 1. The van der Waals surface area contributed by atoms with Gasteiger partial charge < -0.3 is 9.90 Å². The Kier molecular flexibility index (Phi) is 8.75. The van der Waals surface area contributed by atoms with Crippen molar-refractivity contribution in [3.63, 3.8) is 0 Å². The molecule has 0 bridgehead atoms.